The largest absolute Gasteiger partial charge is 0.0900 e. The second-order valence-electron chi connectivity index (χ2n) is 3.44. The van der Waals surface area contributed by atoms with E-state index in [9.17, 15) is 0 Å². The van der Waals surface area contributed by atoms with Crippen LogP contribution < -0.4 is 0 Å². The molecule has 0 saturated carbocycles. The third-order valence-electron chi connectivity index (χ3n) is 0.779. The van der Waals surface area contributed by atoms with Gasteiger partial charge in [-0.2, -0.15) is 0 Å². The van der Waals surface area contributed by atoms with E-state index in [4.69, 9.17) is 12.2 Å². The summed E-state index contributed by atoms with van der Waals surface area (Å²) in [5.74, 6) is 0. The van der Waals surface area contributed by atoms with E-state index >= 15 is 0 Å². The van der Waals surface area contributed by atoms with Crippen LogP contribution in [0.3, 0.4) is 0 Å². The van der Waals surface area contributed by atoms with Gasteiger partial charge in [0.25, 0.3) is 0 Å². The molecule has 0 aliphatic heterocycles. The van der Waals surface area contributed by atoms with Gasteiger partial charge in [-0.05, 0) is 23.6 Å². The Kier molecular flexibility index (Phi) is 2.61. The van der Waals surface area contributed by atoms with Gasteiger partial charge in [-0.25, -0.2) is 0 Å². The van der Waals surface area contributed by atoms with Crippen LogP contribution in [-0.4, -0.2) is 4.86 Å². The van der Waals surface area contributed by atoms with Crippen LogP contribution in [0.4, 0.5) is 0 Å². The van der Waals surface area contributed by atoms with Crippen LogP contribution in [-0.2, 0) is 0 Å². The average molecular weight is 130 g/mol. The lowest BCUT2D eigenvalue weighted by Crippen LogP contribution is -2.08. The van der Waals surface area contributed by atoms with Crippen LogP contribution in [0.5, 0.6) is 0 Å². The maximum Gasteiger partial charge on any atom is -0.00973 e. The summed E-state index contributed by atoms with van der Waals surface area (Å²) >= 11 is 4.94. The summed E-state index contributed by atoms with van der Waals surface area (Å²) in [5.41, 5.74) is 0.381. The van der Waals surface area contributed by atoms with E-state index in [2.05, 4.69) is 20.8 Å². The monoisotopic (exact) mass is 130 g/mol. The smallest absolute Gasteiger partial charge is 0.00973 e. The molecule has 0 aromatic rings. The van der Waals surface area contributed by atoms with Gasteiger partial charge >= 0.3 is 0 Å². The number of rotatable bonds is 1. The highest BCUT2D eigenvalue weighted by Gasteiger charge is 2.09. The second kappa shape index (κ2) is 2.58. The van der Waals surface area contributed by atoms with Crippen molar-refractivity contribution in [2.75, 3.05) is 0 Å². The highest BCUT2D eigenvalue weighted by molar-refractivity contribution is 7.80. The summed E-state index contributed by atoms with van der Waals surface area (Å²) in [6.45, 7) is 8.59. The first kappa shape index (κ1) is 8.09. The van der Waals surface area contributed by atoms with E-state index < -0.39 is 0 Å². The standard InChI is InChI=1S/C7H14S/c1-6(8)5-7(2,3)4/h5H2,1-4H3. The zero-order valence-corrected chi connectivity index (χ0v) is 6.93. The van der Waals surface area contributed by atoms with Crippen LogP contribution in [0.1, 0.15) is 34.1 Å². The van der Waals surface area contributed by atoms with Crippen LogP contribution in [0.25, 0.3) is 0 Å². The Morgan fingerprint density at radius 2 is 1.75 bits per heavy atom. The fourth-order valence-corrected chi connectivity index (χ4v) is 1.18. The van der Waals surface area contributed by atoms with Gasteiger partial charge < -0.3 is 0 Å². The molecule has 0 aromatic heterocycles. The van der Waals surface area contributed by atoms with Crippen LogP contribution >= 0.6 is 12.2 Å². The van der Waals surface area contributed by atoms with E-state index in [1.807, 2.05) is 6.92 Å². The predicted molar refractivity (Wildman–Crippen MR) is 42.3 cm³/mol. The molecule has 0 N–H and O–H groups in total. The molecule has 0 rings (SSSR count). The molecular weight excluding hydrogens is 116 g/mol. The van der Waals surface area contributed by atoms with Crippen LogP contribution in [0.15, 0.2) is 0 Å². The van der Waals surface area contributed by atoms with Gasteiger partial charge in [0, 0.05) is 0 Å². The van der Waals surface area contributed by atoms with Gasteiger partial charge in [0.15, 0.2) is 0 Å². The molecule has 0 heterocycles. The molecule has 48 valence electrons. The first-order chi connectivity index (χ1) is 3.42. The normalized spacial score (nSPS) is 11.5. The van der Waals surface area contributed by atoms with Crippen LogP contribution in [0, 0.1) is 5.41 Å². The summed E-state index contributed by atoms with van der Waals surface area (Å²) in [4.78, 5) is 1.11. The molecule has 0 saturated heterocycles. The lowest BCUT2D eigenvalue weighted by Gasteiger charge is -2.16. The van der Waals surface area contributed by atoms with E-state index in [-0.39, 0.29) is 0 Å². The van der Waals surface area contributed by atoms with Gasteiger partial charge in [-0.3, -0.25) is 0 Å². The fourth-order valence-electron chi connectivity index (χ4n) is 0.747. The Morgan fingerprint density at radius 1 is 1.38 bits per heavy atom. The van der Waals surface area contributed by atoms with Crippen molar-refractivity contribution in [1.29, 1.82) is 0 Å². The van der Waals surface area contributed by atoms with E-state index in [0.717, 1.165) is 11.3 Å². The van der Waals surface area contributed by atoms with Crippen molar-refractivity contribution in [3.63, 3.8) is 0 Å². The Hall–Kier alpha value is 0.0900. The minimum Gasteiger partial charge on any atom is -0.0900 e. The maximum absolute atomic E-state index is 4.94. The van der Waals surface area contributed by atoms with Gasteiger partial charge in [0.2, 0.25) is 0 Å². The maximum atomic E-state index is 4.94. The summed E-state index contributed by atoms with van der Waals surface area (Å²) in [7, 11) is 0. The highest BCUT2D eigenvalue weighted by atomic mass is 32.1. The zero-order chi connectivity index (χ0) is 6.78. The molecular formula is C7H14S. The molecule has 8 heavy (non-hydrogen) atoms. The minimum atomic E-state index is 0.381. The van der Waals surface area contributed by atoms with Gasteiger partial charge in [-0.1, -0.05) is 33.0 Å². The van der Waals surface area contributed by atoms with Crippen molar-refractivity contribution in [1.82, 2.24) is 0 Å². The molecule has 1 heteroatoms. The Morgan fingerprint density at radius 3 is 1.75 bits per heavy atom. The molecule has 0 nitrogen and oxygen atoms in total. The molecule has 0 bridgehead atoms. The first-order valence-corrected chi connectivity index (χ1v) is 3.32. The fraction of sp³-hybridized carbons (Fsp3) is 0.857. The van der Waals surface area contributed by atoms with Crippen LogP contribution in [0.2, 0.25) is 0 Å². The minimum absolute atomic E-state index is 0.381. The molecule has 0 aromatic carbocycles. The highest BCUT2D eigenvalue weighted by Crippen LogP contribution is 2.18. The molecule has 0 radical (unpaired) electrons. The van der Waals surface area contributed by atoms with Crippen molar-refractivity contribution >= 4 is 17.1 Å². The van der Waals surface area contributed by atoms with Crippen molar-refractivity contribution in [2.24, 2.45) is 5.41 Å². The Bertz CT molecular complexity index is 87.1. The van der Waals surface area contributed by atoms with Gasteiger partial charge in [0.1, 0.15) is 0 Å². The molecule has 0 spiro atoms. The van der Waals surface area contributed by atoms with Gasteiger partial charge in [0.05, 0.1) is 0 Å². The SMILES string of the molecule is CC(=S)CC(C)(C)C. The van der Waals surface area contributed by atoms with E-state index in [1.165, 1.54) is 0 Å². The number of hydrogen-bond donors (Lipinski definition) is 0. The summed E-state index contributed by atoms with van der Waals surface area (Å²) in [5, 5.41) is 0. The van der Waals surface area contributed by atoms with Crippen molar-refractivity contribution in [2.45, 2.75) is 34.1 Å². The summed E-state index contributed by atoms with van der Waals surface area (Å²) in [6, 6.07) is 0. The number of thiocarbonyl (C=S) groups is 1. The van der Waals surface area contributed by atoms with E-state index in [1.54, 1.807) is 0 Å². The lowest BCUT2D eigenvalue weighted by atomic mass is 9.91. The molecule has 0 aliphatic carbocycles. The summed E-state index contributed by atoms with van der Waals surface area (Å²) < 4.78 is 0. The van der Waals surface area contributed by atoms with Crippen molar-refractivity contribution < 1.29 is 0 Å². The molecule has 0 aliphatic rings. The quantitative estimate of drug-likeness (QED) is 0.492. The Balaban J connectivity index is 3.55. The van der Waals surface area contributed by atoms with Gasteiger partial charge in [-0.15, -0.1) is 0 Å². The lowest BCUT2D eigenvalue weighted by molar-refractivity contribution is 0.435. The molecule has 0 fully saturated rings. The average Bonchev–Trinajstić information content (AvgIpc) is 1.21. The second-order valence-corrected chi connectivity index (χ2v) is 4.14. The Labute approximate surface area is 57.3 Å². The van der Waals surface area contributed by atoms with Crippen molar-refractivity contribution in [3.05, 3.63) is 0 Å². The molecule has 0 atom stereocenters. The topological polar surface area (TPSA) is 0 Å². The number of hydrogen-bond acceptors (Lipinski definition) is 1. The van der Waals surface area contributed by atoms with E-state index in [0.29, 0.717) is 5.41 Å². The first-order valence-electron chi connectivity index (χ1n) is 2.91. The van der Waals surface area contributed by atoms with Crippen molar-refractivity contribution in [3.8, 4) is 0 Å². The third-order valence-corrected chi connectivity index (χ3v) is 0.924. The third kappa shape index (κ3) is 6.09. The molecule has 0 amide bonds. The zero-order valence-electron chi connectivity index (χ0n) is 6.12. The summed E-state index contributed by atoms with van der Waals surface area (Å²) in [6.07, 6.45) is 1.06. The predicted octanol–water partition coefficient (Wildman–Crippen LogP) is 2.81. The molecule has 0 unspecified atom stereocenters.